The summed E-state index contributed by atoms with van der Waals surface area (Å²) in [5.74, 6) is -3.31. The van der Waals surface area contributed by atoms with Crippen LogP contribution in [0.3, 0.4) is 0 Å². The number of para-hydroxylation sites is 1. The molecule has 1 unspecified atom stereocenters. The van der Waals surface area contributed by atoms with Gasteiger partial charge < -0.3 is 10.5 Å². The molecule has 2 aromatic rings. The molecule has 0 saturated heterocycles. The van der Waals surface area contributed by atoms with Gasteiger partial charge in [-0.3, -0.25) is 0 Å². The first-order valence-electron chi connectivity index (χ1n) is 6.13. The molecule has 2 aromatic carbocycles. The second kappa shape index (κ2) is 5.96. The SMILES string of the molecule is CC(N)Cc1cc(F)c(Oc2ccccc2F)c(F)c1. The van der Waals surface area contributed by atoms with E-state index in [1.54, 1.807) is 6.92 Å². The van der Waals surface area contributed by atoms with Crippen LogP contribution in [0.15, 0.2) is 36.4 Å². The fraction of sp³-hybridized carbons (Fsp3) is 0.200. The van der Waals surface area contributed by atoms with Crippen molar-refractivity contribution in [3.05, 3.63) is 59.4 Å². The van der Waals surface area contributed by atoms with Gasteiger partial charge in [-0.15, -0.1) is 0 Å². The van der Waals surface area contributed by atoms with E-state index in [4.69, 9.17) is 10.5 Å². The molecule has 0 aromatic heterocycles. The summed E-state index contributed by atoms with van der Waals surface area (Å²) >= 11 is 0. The Hall–Kier alpha value is -2.01. The number of benzene rings is 2. The number of halogens is 3. The molecule has 0 radical (unpaired) electrons. The Kier molecular flexibility index (Phi) is 4.29. The van der Waals surface area contributed by atoms with E-state index in [2.05, 4.69) is 0 Å². The molecule has 0 saturated carbocycles. The highest BCUT2D eigenvalue weighted by atomic mass is 19.1. The lowest BCUT2D eigenvalue weighted by atomic mass is 10.1. The standard InChI is InChI=1S/C15H14F3NO/c1-9(19)6-10-7-12(17)15(13(18)8-10)20-14-5-3-2-4-11(14)16/h2-5,7-9H,6,19H2,1H3. The zero-order valence-corrected chi connectivity index (χ0v) is 10.9. The first kappa shape index (κ1) is 14.4. The van der Waals surface area contributed by atoms with Crippen LogP contribution >= 0.6 is 0 Å². The van der Waals surface area contributed by atoms with E-state index in [1.807, 2.05) is 0 Å². The highest BCUT2D eigenvalue weighted by Gasteiger charge is 2.15. The third kappa shape index (κ3) is 3.30. The quantitative estimate of drug-likeness (QED) is 0.925. The molecule has 0 aliphatic carbocycles. The van der Waals surface area contributed by atoms with Gasteiger partial charge in [0.15, 0.2) is 29.0 Å². The van der Waals surface area contributed by atoms with Crippen molar-refractivity contribution in [2.75, 3.05) is 0 Å². The van der Waals surface area contributed by atoms with Gasteiger partial charge in [0.05, 0.1) is 0 Å². The minimum absolute atomic E-state index is 0.216. The average Bonchev–Trinajstić information content (AvgIpc) is 2.35. The zero-order chi connectivity index (χ0) is 14.7. The number of hydrogen-bond donors (Lipinski definition) is 1. The molecule has 1 atom stereocenters. The van der Waals surface area contributed by atoms with Crippen LogP contribution in [0, 0.1) is 17.5 Å². The van der Waals surface area contributed by atoms with E-state index in [0.29, 0.717) is 12.0 Å². The highest BCUT2D eigenvalue weighted by molar-refractivity contribution is 5.36. The van der Waals surface area contributed by atoms with E-state index in [0.717, 1.165) is 18.2 Å². The summed E-state index contributed by atoms with van der Waals surface area (Å²) in [7, 11) is 0. The van der Waals surface area contributed by atoms with Gasteiger partial charge in [-0.25, -0.2) is 13.2 Å². The van der Waals surface area contributed by atoms with Gasteiger partial charge in [-0.2, -0.15) is 0 Å². The van der Waals surface area contributed by atoms with Crippen molar-refractivity contribution in [1.82, 2.24) is 0 Å². The molecule has 0 fully saturated rings. The first-order valence-corrected chi connectivity index (χ1v) is 6.13. The van der Waals surface area contributed by atoms with Crippen LogP contribution in [0.5, 0.6) is 11.5 Å². The van der Waals surface area contributed by atoms with Crippen LogP contribution in [0.1, 0.15) is 12.5 Å². The van der Waals surface area contributed by atoms with Crippen molar-refractivity contribution in [1.29, 1.82) is 0 Å². The monoisotopic (exact) mass is 281 g/mol. The Labute approximate surface area is 115 Å². The summed E-state index contributed by atoms with van der Waals surface area (Å²) in [5.41, 5.74) is 6.01. The summed E-state index contributed by atoms with van der Waals surface area (Å²) in [6.07, 6.45) is 0.341. The van der Waals surface area contributed by atoms with Crippen molar-refractivity contribution in [2.24, 2.45) is 5.73 Å². The van der Waals surface area contributed by atoms with Gasteiger partial charge in [0.2, 0.25) is 0 Å². The van der Waals surface area contributed by atoms with E-state index < -0.39 is 23.2 Å². The molecule has 2 N–H and O–H groups in total. The molecule has 2 nitrogen and oxygen atoms in total. The van der Waals surface area contributed by atoms with Gasteiger partial charge in [-0.1, -0.05) is 12.1 Å². The molecule has 0 aliphatic heterocycles. The molecular weight excluding hydrogens is 267 g/mol. The summed E-state index contributed by atoms with van der Waals surface area (Å²) in [6.45, 7) is 1.74. The average molecular weight is 281 g/mol. The Morgan fingerprint density at radius 2 is 1.65 bits per heavy atom. The fourth-order valence-corrected chi connectivity index (χ4v) is 1.84. The van der Waals surface area contributed by atoms with Crippen LogP contribution in [0.2, 0.25) is 0 Å². The Bertz CT molecular complexity index is 591. The van der Waals surface area contributed by atoms with Crippen LogP contribution in [-0.2, 0) is 6.42 Å². The summed E-state index contributed by atoms with van der Waals surface area (Å²) < 4.78 is 46.1. The molecule has 106 valence electrons. The van der Waals surface area contributed by atoms with Crippen molar-refractivity contribution >= 4 is 0 Å². The lowest BCUT2D eigenvalue weighted by Crippen LogP contribution is -2.18. The number of nitrogens with two attached hydrogens (primary N) is 1. The van der Waals surface area contributed by atoms with Crippen LogP contribution in [0.25, 0.3) is 0 Å². The molecule has 5 heteroatoms. The maximum absolute atomic E-state index is 13.9. The number of hydrogen-bond acceptors (Lipinski definition) is 2. The minimum atomic E-state index is -0.885. The smallest absolute Gasteiger partial charge is 0.198 e. The van der Waals surface area contributed by atoms with Gasteiger partial charge in [-0.05, 0) is 43.2 Å². The largest absolute Gasteiger partial charge is 0.448 e. The zero-order valence-electron chi connectivity index (χ0n) is 10.9. The summed E-state index contributed by atoms with van der Waals surface area (Å²) in [4.78, 5) is 0. The molecular formula is C15H14F3NO. The molecule has 0 spiro atoms. The highest BCUT2D eigenvalue weighted by Crippen LogP contribution is 2.30. The fourth-order valence-electron chi connectivity index (χ4n) is 1.84. The first-order chi connectivity index (χ1) is 9.47. The van der Waals surface area contributed by atoms with E-state index in [-0.39, 0.29) is 11.8 Å². The Morgan fingerprint density at radius 3 is 2.20 bits per heavy atom. The molecule has 20 heavy (non-hydrogen) atoms. The molecule has 0 amide bonds. The van der Waals surface area contributed by atoms with E-state index >= 15 is 0 Å². The Morgan fingerprint density at radius 1 is 1.05 bits per heavy atom. The number of ether oxygens (including phenoxy) is 1. The summed E-state index contributed by atoms with van der Waals surface area (Å²) in [5, 5.41) is 0. The van der Waals surface area contributed by atoms with E-state index in [1.165, 1.54) is 18.2 Å². The third-order valence-electron chi connectivity index (χ3n) is 2.66. The van der Waals surface area contributed by atoms with Crippen molar-refractivity contribution in [3.8, 4) is 11.5 Å². The number of rotatable bonds is 4. The lowest BCUT2D eigenvalue weighted by molar-refractivity contribution is 0.386. The molecule has 0 heterocycles. The maximum Gasteiger partial charge on any atom is 0.198 e. The predicted molar refractivity (Wildman–Crippen MR) is 70.2 cm³/mol. The van der Waals surface area contributed by atoms with Crippen molar-refractivity contribution in [3.63, 3.8) is 0 Å². The van der Waals surface area contributed by atoms with Crippen molar-refractivity contribution < 1.29 is 17.9 Å². The maximum atomic E-state index is 13.9. The normalized spacial score (nSPS) is 12.2. The van der Waals surface area contributed by atoms with Gasteiger partial charge in [0.1, 0.15) is 0 Å². The lowest BCUT2D eigenvalue weighted by Gasteiger charge is -2.11. The summed E-state index contributed by atoms with van der Waals surface area (Å²) in [6, 6.07) is 7.48. The molecule has 2 rings (SSSR count). The topological polar surface area (TPSA) is 35.2 Å². The van der Waals surface area contributed by atoms with Gasteiger partial charge >= 0.3 is 0 Å². The van der Waals surface area contributed by atoms with Crippen LogP contribution in [-0.4, -0.2) is 6.04 Å². The minimum Gasteiger partial charge on any atom is -0.448 e. The Balaban J connectivity index is 2.31. The molecule has 0 bridgehead atoms. The van der Waals surface area contributed by atoms with Crippen LogP contribution < -0.4 is 10.5 Å². The second-order valence-corrected chi connectivity index (χ2v) is 4.60. The van der Waals surface area contributed by atoms with Gasteiger partial charge in [0.25, 0.3) is 0 Å². The van der Waals surface area contributed by atoms with Gasteiger partial charge in [0, 0.05) is 6.04 Å². The molecule has 0 aliphatic rings. The van der Waals surface area contributed by atoms with E-state index in [9.17, 15) is 13.2 Å². The second-order valence-electron chi connectivity index (χ2n) is 4.60. The predicted octanol–water partition coefficient (Wildman–Crippen LogP) is 3.79. The van der Waals surface area contributed by atoms with Crippen molar-refractivity contribution in [2.45, 2.75) is 19.4 Å². The van der Waals surface area contributed by atoms with Crippen LogP contribution in [0.4, 0.5) is 13.2 Å². The third-order valence-corrected chi connectivity index (χ3v) is 2.66.